The van der Waals surface area contributed by atoms with Crippen LogP contribution in [0.1, 0.15) is 47.1 Å². The van der Waals surface area contributed by atoms with Crippen LogP contribution in [0.25, 0.3) is 10.8 Å². The van der Waals surface area contributed by atoms with Crippen LogP contribution in [0.3, 0.4) is 0 Å². The molecule has 3 aromatic rings. The summed E-state index contributed by atoms with van der Waals surface area (Å²) in [5.74, 6) is -1.73. The van der Waals surface area contributed by atoms with Gasteiger partial charge in [0.05, 0.1) is 31.6 Å². The molecular formula is C30H34ClN3O6. The van der Waals surface area contributed by atoms with Crippen molar-refractivity contribution in [2.45, 2.75) is 26.2 Å². The SMILES string of the molecule is COc1c(NC(=O)C(=O)c2ccc(OCCN3CCOCC3)c3ccc(Cl)cc23)cc(C(C)(C)C)cc1C(N)=O. The first-order valence-electron chi connectivity index (χ1n) is 13.0. The molecule has 0 saturated carbocycles. The van der Waals surface area contributed by atoms with E-state index in [1.165, 1.54) is 7.11 Å². The predicted octanol–water partition coefficient (Wildman–Crippen LogP) is 4.43. The topological polar surface area (TPSA) is 120 Å². The fourth-order valence-corrected chi connectivity index (χ4v) is 4.76. The minimum atomic E-state index is -0.901. The highest BCUT2D eigenvalue weighted by molar-refractivity contribution is 6.48. The zero-order valence-corrected chi connectivity index (χ0v) is 23.9. The van der Waals surface area contributed by atoms with Crippen LogP contribution in [-0.4, -0.2) is 69.1 Å². The second-order valence-electron chi connectivity index (χ2n) is 10.6. The number of Topliss-reactive ketones (excluding diaryl/α,β-unsaturated/α-hetero) is 1. The van der Waals surface area contributed by atoms with Gasteiger partial charge in [-0.25, -0.2) is 0 Å². The van der Waals surface area contributed by atoms with Crippen LogP contribution < -0.4 is 20.5 Å². The Morgan fingerprint density at radius 2 is 1.75 bits per heavy atom. The first kappa shape index (κ1) is 29.3. The molecule has 1 aliphatic heterocycles. The summed E-state index contributed by atoms with van der Waals surface area (Å²) >= 11 is 6.28. The van der Waals surface area contributed by atoms with Crippen molar-refractivity contribution in [3.63, 3.8) is 0 Å². The molecule has 1 heterocycles. The number of primary amides is 1. The minimum Gasteiger partial charge on any atom is -0.494 e. The van der Waals surface area contributed by atoms with E-state index in [4.69, 9.17) is 31.5 Å². The summed E-state index contributed by atoms with van der Waals surface area (Å²) in [6.45, 7) is 10.2. The summed E-state index contributed by atoms with van der Waals surface area (Å²) in [4.78, 5) is 41.2. The zero-order valence-electron chi connectivity index (χ0n) is 23.1. The van der Waals surface area contributed by atoms with Crippen LogP contribution >= 0.6 is 11.6 Å². The Hall–Kier alpha value is -3.66. The smallest absolute Gasteiger partial charge is 0.296 e. The number of morpholine rings is 1. The van der Waals surface area contributed by atoms with Gasteiger partial charge in [0.1, 0.15) is 12.4 Å². The summed E-state index contributed by atoms with van der Waals surface area (Å²) in [6.07, 6.45) is 0. The highest BCUT2D eigenvalue weighted by atomic mass is 35.5. The van der Waals surface area contributed by atoms with Gasteiger partial charge < -0.3 is 25.3 Å². The molecule has 40 heavy (non-hydrogen) atoms. The van der Waals surface area contributed by atoms with Gasteiger partial charge in [-0.15, -0.1) is 0 Å². The summed E-state index contributed by atoms with van der Waals surface area (Å²) < 4.78 is 16.9. The van der Waals surface area contributed by atoms with Crippen LogP contribution in [0.15, 0.2) is 42.5 Å². The second kappa shape index (κ2) is 12.2. The number of nitrogens with zero attached hydrogens (tertiary/aromatic N) is 1. The largest absolute Gasteiger partial charge is 0.494 e. The van der Waals surface area contributed by atoms with Gasteiger partial charge in [0.2, 0.25) is 0 Å². The van der Waals surface area contributed by atoms with Gasteiger partial charge in [-0.3, -0.25) is 19.3 Å². The number of methoxy groups -OCH3 is 1. The van der Waals surface area contributed by atoms with Gasteiger partial charge >= 0.3 is 0 Å². The van der Waals surface area contributed by atoms with Crippen LogP contribution in [0.4, 0.5) is 5.69 Å². The van der Waals surface area contributed by atoms with E-state index >= 15 is 0 Å². The molecule has 3 N–H and O–H groups in total. The number of carbonyl (C=O) groups excluding carboxylic acids is 3. The number of amides is 2. The number of anilines is 1. The Morgan fingerprint density at radius 3 is 2.40 bits per heavy atom. The maximum Gasteiger partial charge on any atom is 0.296 e. The number of hydrogen-bond acceptors (Lipinski definition) is 7. The van der Waals surface area contributed by atoms with Crippen molar-refractivity contribution in [1.82, 2.24) is 4.90 Å². The predicted molar refractivity (Wildman–Crippen MR) is 155 cm³/mol. The summed E-state index contributed by atoms with van der Waals surface area (Å²) in [6, 6.07) is 11.7. The first-order valence-corrected chi connectivity index (χ1v) is 13.4. The minimum absolute atomic E-state index is 0.0820. The molecule has 2 amide bonds. The van der Waals surface area contributed by atoms with Crippen molar-refractivity contribution < 1.29 is 28.6 Å². The Bertz CT molecular complexity index is 1440. The standard InChI is InChI=1S/C30H34ClN3O6/c1-30(2,3)18-15-23(28(32)36)27(38-4)24(16-18)33-29(37)26(35)21-7-8-25(20-6-5-19(31)17-22(20)21)40-14-11-34-9-12-39-13-10-34/h5-8,15-17H,9-14H2,1-4H3,(H2,32,36)(H,33,37). The number of hydrogen-bond donors (Lipinski definition) is 2. The van der Waals surface area contributed by atoms with E-state index in [2.05, 4.69) is 10.2 Å². The summed E-state index contributed by atoms with van der Waals surface area (Å²) in [5.41, 5.74) is 6.40. The van der Waals surface area contributed by atoms with Crippen LogP contribution in [0.2, 0.25) is 5.02 Å². The van der Waals surface area contributed by atoms with Crippen LogP contribution in [0.5, 0.6) is 11.5 Å². The lowest BCUT2D eigenvalue weighted by Gasteiger charge is -2.26. The van der Waals surface area contributed by atoms with Crippen molar-refractivity contribution in [3.8, 4) is 11.5 Å². The highest BCUT2D eigenvalue weighted by Gasteiger charge is 2.26. The highest BCUT2D eigenvalue weighted by Crippen LogP contribution is 2.36. The fraction of sp³-hybridized carbons (Fsp3) is 0.367. The van der Waals surface area contributed by atoms with E-state index in [1.807, 2.05) is 20.8 Å². The first-order chi connectivity index (χ1) is 19.0. The maximum absolute atomic E-state index is 13.5. The van der Waals surface area contributed by atoms with Gasteiger partial charge in [-0.05, 0) is 58.8 Å². The average molecular weight is 568 g/mol. The summed E-state index contributed by atoms with van der Waals surface area (Å²) in [5, 5.41) is 4.20. The van der Waals surface area contributed by atoms with E-state index in [9.17, 15) is 14.4 Å². The molecule has 0 spiro atoms. The molecule has 1 fully saturated rings. The Kier molecular flexibility index (Phi) is 8.98. The number of fused-ring (bicyclic) bond motifs is 1. The van der Waals surface area contributed by atoms with Gasteiger partial charge in [0, 0.05) is 35.6 Å². The number of carbonyl (C=O) groups is 3. The third kappa shape index (κ3) is 6.55. The molecule has 4 rings (SSSR count). The van der Waals surface area contributed by atoms with Gasteiger partial charge in [0.25, 0.3) is 17.6 Å². The Labute approximate surface area is 238 Å². The third-order valence-electron chi connectivity index (χ3n) is 6.83. The van der Waals surface area contributed by atoms with Crippen LogP contribution in [-0.2, 0) is 14.9 Å². The lowest BCUT2D eigenvalue weighted by atomic mass is 9.85. The number of nitrogens with one attached hydrogen (secondary N) is 1. The maximum atomic E-state index is 13.5. The molecule has 0 atom stereocenters. The van der Waals surface area contributed by atoms with E-state index in [-0.39, 0.29) is 28.0 Å². The average Bonchev–Trinajstić information content (AvgIpc) is 2.92. The van der Waals surface area contributed by atoms with Gasteiger partial charge in [-0.2, -0.15) is 0 Å². The van der Waals surface area contributed by atoms with Crippen molar-refractivity contribution >= 4 is 45.7 Å². The van der Waals surface area contributed by atoms with E-state index in [0.29, 0.717) is 41.4 Å². The molecule has 3 aromatic carbocycles. The number of ether oxygens (including phenoxy) is 3. The van der Waals surface area contributed by atoms with Gasteiger partial charge in [0.15, 0.2) is 5.75 Å². The van der Waals surface area contributed by atoms with Crippen molar-refractivity contribution in [2.75, 3.05) is 51.9 Å². The molecule has 0 aliphatic carbocycles. The molecular weight excluding hydrogens is 534 g/mol. The molecule has 10 heteroatoms. The van der Waals surface area contributed by atoms with Crippen molar-refractivity contribution in [2.24, 2.45) is 5.73 Å². The number of rotatable bonds is 9. The number of nitrogens with two attached hydrogens (primary N) is 1. The molecule has 0 radical (unpaired) electrons. The number of benzene rings is 3. The van der Waals surface area contributed by atoms with E-state index in [1.54, 1.807) is 42.5 Å². The number of halogens is 1. The molecule has 9 nitrogen and oxygen atoms in total. The number of ketones is 1. The van der Waals surface area contributed by atoms with Crippen molar-refractivity contribution in [3.05, 3.63) is 64.2 Å². The normalized spacial score (nSPS) is 14.1. The Balaban J connectivity index is 1.62. The lowest BCUT2D eigenvalue weighted by Crippen LogP contribution is -2.38. The van der Waals surface area contributed by atoms with Crippen molar-refractivity contribution in [1.29, 1.82) is 0 Å². The lowest BCUT2D eigenvalue weighted by molar-refractivity contribution is -0.112. The monoisotopic (exact) mass is 567 g/mol. The molecule has 1 saturated heterocycles. The zero-order chi connectivity index (χ0) is 29.0. The molecule has 0 bridgehead atoms. The fourth-order valence-electron chi connectivity index (χ4n) is 4.59. The Morgan fingerprint density at radius 1 is 1.02 bits per heavy atom. The molecule has 0 aromatic heterocycles. The van der Waals surface area contributed by atoms with E-state index in [0.717, 1.165) is 25.2 Å². The molecule has 1 aliphatic rings. The molecule has 212 valence electrons. The third-order valence-corrected chi connectivity index (χ3v) is 7.07. The van der Waals surface area contributed by atoms with Crippen LogP contribution in [0, 0.1) is 0 Å². The second-order valence-corrected chi connectivity index (χ2v) is 11.0. The van der Waals surface area contributed by atoms with E-state index < -0.39 is 17.6 Å². The quantitative estimate of drug-likeness (QED) is 0.290. The van der Waals surface area contributed by atoms with Gasteiger partial charge in [-0.1, -0.05) is 32.4 Å². The summed E-state index contributed by atoms with van der Waals surface area (Å²) in [7, 11) is 1.36. The molecule has 0 unspecified atom stereocenters.